The van der Waals surface area contributed by atoms with Gasteiger partial charge in [-0.25, -0.2) is 9.78 Å². The zero-order chi connectivity index (χ0) is 24.2. The molecular weight excluding hydrogens is 539 g/mol. The summed E-state index contributed by atoms with van der Waals surface area (Å²) in [6.07, 6.45) is 0.406. The number of fused-ring (bicyclic) bond motifs is 1. The number of piperazine rings is 1. The zero-order valence-corrected chi connectivity index (χ0v) is 23.4. The summed E-state index contributed by atoms with van der Waals surface area (Å²) in [7, 11) is 1.65. The highest BCUT2D eigenvalue weighted by Gasteiger charge is 2.21. The number of carbonyl (C=O) groups excluding carboxylic acids is 1. The van der Waals surface area contributed by atoms with Gasteiger partial charge in [-0.1, -0.05) is 13.8 Å². The maximum atomic E-state index is 12.1. The van der Waals surface area contributed by atoms with Crippen molar-refractivity contribution in [2.45, 2.75) is 20.3 Å². The maximum absolute atomic E-state index is 12.1. The Labute approximate surface area is 235 Å². The Bertz CT molecular complexity index is 1200. The van der Waals surface area contributed by atoms with Gasteiger partial charge < -0.3 is 25.0 Å². The molecular formula is C26H33Cl3N4O4. The van der Waals surface area contributed by atoms with Gasteiger partial charge >= 0.3 is 5.97 Å². The van der Waals surface area contributed by atoms with Crippen LogP contribution in [0.1, 0.15) is 30.6 Å². The van der Waals surface area contributed by atoms with Crippen molar-refractivity contribution in [3.05, 3.63) is 54.1 Å². The fraction of sp³-hybridized carbons (Fsp3) is 0.346. The molecule has 1 aliphatic heterocycles. The van der Waals surface area contributed by atoms with E-state index < -0.39 is 5.97 Å². The Morgan fingerprint density at radius 2 is 1.59 bits per heavy atom. The average Bonchev–Trinajstić information content (AvgIpc) is 2.83. The highest BCUT2D eigenvalue weighted by atomic mass is 35.5. The predicted octanol–water partition coefficient (Wildman–Crippen LogP) is 5.52. The number of aromatic carboxylic acids is 1. The minimum Gasteiger partial charge on any atom is -0.497 e. The van der Waals surface area contributed by atoms with Crippen molar-refractivity contribution in [3.63, 3.8) is 0 Å². The van der Waals surface area contributed by atoms with Gasteiger partial charge in [-0.15, -0.1) is 37.2 Å². The number of ether oxygens (including phenoxy) is 1. The van der Waals surface area contributed by atoms with E-state index in [0.29, 0.717) is 28.8 Å². The van der Waals surface area contributed by atoms with Crippen molar-refractivity contribution in [2.75, 3.05) is 48.4 Å². The van der Waals surface area contributed by atoms with Gasteiger partial charge in [0.25, 0.3) is 0 Å². The Hall–Kier alpha value is -2.94. The van der Waals surface area contributed by atoms with E-state index in [9.17, 15) is 14.7 Å². The number of pyridine rings is 1. The van der Waals surface area contributed by atoms with Crippen LogP contribution in [0.15, 0.2) is 48.5 Å². The number of benzene rings is 2. The second-order valence-corrected chi connectivity index (χ2v) is 8.88. The third kappa shape index (κ3) is 7.77. The number of carboxylic acid groups (broad SMARTS) is 1. The third-order valence-electron chi connectivity index (χ3n) is 5.94. The molecule has 3 aromatic rings. The molecule has 0 saturated carbocycles. The monoisotopic (exact) mass is 570 g/mol. The standard InChI is InChI=1S/C26H30N4O4.3ClH/c1-17(2)14-25(31)27-18-4-9-23-21(15-18)22(26(32)33)16-24(28-23)30-12-10-29(11-13-30)19-5-7-20(34-3)8-6-19;;;/h4-9,15-17H,10-14H2,1-3H3,(H,27,31)(H,32,33);3*1H. The number of nitrogens with one attached hydrogen (secondary N) is 1. The summed E-state index contributed by atoms with van der Waals surface area (Å²) in [5.74, 6) is 0.605. The normalized spacial score (nSPS) is 12.8. The van der Waals surface area contributed by atoms with Crippen molar-refractivity contribution in [1.29, 1.82) is 0 Å². The lowest BCUT2D eigenvalue weighted by atomic mass is 10.1. The Balaban J connectivity index is 0.00000228. The molecule has 1 aromatic heterocycles. The summed E-state index contributed by atoms with van der Waals surface area (Å²) in [6, 6.07) is 14.8. The van der Waals surface area contributed by atoms with Crippen molar-refractivity contribution < 1.29 is 19.4 Å². The molecule has 0 unspecified atom stereocenters. The smallest absolute Gasteiger partial charge is 0.336 e. The van der Waals surface area contributed by atoms with Crippen molar-refractivity contribution in [3.8, 4) is 5.75 Å². The lowest BCUT2D eigenvalue weighted by Crippen LogP contribution is -2.46. The summed E-state index contributed by atoms with van der Waals surface area (Å²) in [5, 5.41) is 13.2. The number of rotatable bonds is 7. The summed E-state index contributed by atoms with van der Waals surface area (Å²) >= 11 is 0. The zero-order valence-electron chi connectivity index (χ0n) is 21.0. The molecule has 0 atom stereocenters. The number of anilines is 3. The predicted molar refractivity (Wildman–Crippen MR) is 156 cm³/mol. The molecule has 2 N–H and O–H groups in total. The number of hydrogen-bond donors (Lipinski definition) is 2. The van der Waals surface area contributed by atoms with Gasteiger partial charge in [-0.05, 0) is 54.4 Å². The minimum absolute atomic E-state index is 0. The number of hydrogen-bond acceptors (Lipinski definition) is 6. The number of aromatic nitrogens is 1. The first-order chi connectivity index (χ1) is 16.3. The van der Waals surface area contributed by atoms with Gasteiger partial charge in [0.1, 0.15) is 11.6 Å². The number of carboxylic acids is 1. The van der Waals surface area contributed by atoms with Crippen molar-refractivity contribution >= 4 is 77.2 Å². The average molecular weight is 572 g/mol. The first-order valence-electron chi connectivity index (χ1n) is 11.5. The van der Waals surface area contributed by atoms with Crippen molar-refractivity contribution in [2.24, 2.45) is 5.92 Å². The molecule has 8 nitrogen and oxygen atoms in total. The highest BCUT2D eigenvalue weighted by molar-refractivity contribution is 6.05. The van der Waals surface area contributed by atoms with Crippen LogP contribution in [0.4, 0.5) is 17.2 Å². The Morgan fingerprint density at radius 3 is 2.16 bits per heavy atom. The van der Waals surface area contributed by atoms with Crippen LogP contribution in [0.5, 0.6) is 5.75 Å². The molecule has 0 bridgehead atoms. The molecule has 2 aromatic carbocycles. The molecule has 0 aliphatic carbocycles. The summed E-state index contributed by atoms with van der Waals surface area (Å²) in [6.45, 7) is 7.01. The fourth-order valence-electron chi connectivity index (χ4n) is 4.20. The Morgan fingerprint density at radius 1 is 0.973 bits per heavy atom. The molecule has 1 fully saturated rings. The van der Waals surface area contributed by atoms with E-state index in [2.05, 4.69) is 15.1 Å². The van der Waals surface area contributed by atoms with Crippen molar-refractivity contribution in [1.82, 2.24) is 4.98 Å². The molecule has 11 heteroatoms. The quantitative estimate of drug-likeness (QED) is 0.386. The molecule has 1 saturated heterocycles. The lowest BCUT2D eigenvalue weighted by Gasteiger charge is -2.37. The number of halogens is 3. The van der Waals surface area contributed by atoms with Crippen LogP contribution in [0.25, 0.3) is 10.9 Å². The van der Waals surface area contributed by atoms with E-state index in [-0.39, 0.29) is 54.6 Å². The lowest BCUT2D eigenvalue weighted by molar-refractivity contribution is -0.116. The van der Waals surface area contributed by atoms with E-state index in [1.807, 2.05) is 38.1 Å². The van der Waals surface area contributed by atoms with E-state index in [1.165, 1.54) is 0 Å². The van der Waals surface area contributed by atoms with E-state index >= 15 is 0 Å². The largest absolute Gasteiger partial charge is 0.497 e. The van der Waals surface area contributed by atoms with Gasteiger partial charge in [-0.3, -0.25) is 4.79 Å². The topological polar surface area (TPSA) is 95.0 Å². The summed E-state index contributed by atoms with van der Waals surface area (Å²) < 4.78 is 5.23. The number of nitrogens with zero attached hydrogens (tertiary/aromatic N) is 3. The molecule has 2 heterocycles. The fourth-order valence-corrected chi connectivity index (χ4v) is 4.20. The SMILES string of the molecule is COc1ccc(N2CCN(c3cc(C(=O)O)c4cc(NC(=O)CC(C)C)ccc4n3)CC2)cc1.Cl.Cl.Cl. The molecule has 0 spiro atoms. The van der Waals surface area contributed by atoms with Crippen LogP contribution in [-0.4, -0.2) is 55.3 Å². The van der Waals surface area contributed by atoms with E-state index in [4.69, 9.17) is 9.72 Å². The molecule has 1 aliphatic rings. The summed E-state index contributed by atoms with van der Waals surface area (Å²) in [4.78, 5) is 33.4. The van der Waals surface area contributed by atoms with Gasteiger partial charge in [0.15, 0.2) is 0 Å². The first-order valence-corrected chi connectivity index (χ1v) is 11.5. The maximum Gasteiger partial charge on any atom is 0.336 e. The second-order valence-electron chi connectivity index (χ2n) is 8.88. The van der Waals surface area contributed by atoms with Crippen LogP contribution >= 0.6 is 37.2 Å². The minimum atomic E-state index is -1.02. The highest BCUT2D eigenvalue weighted by Crippen LogP contribution is 2.28. The van der Waals surface area contributed by atoms with Crippen LogP contribution < -0.4 is 19.9 Å². The number of carbonyl (C=O) groups is 2. The molecule has 4 rings (SSSR count). The van der Waals surface area contributed by atoms with Crippen LogP contribution in [0, 0.1) is 5.92 Å². The van der Waals surface area contributed by atoms with Gasteiger partial charge in [0, 0.05) is 49.4 Å². The van der Waals surface area contributed by atoms with Crippen LogP contribution in [0.3, 0.4) is 0 Å². The van der Waals surface area contributed by atoms with E-state index in [0.717, 1.165) is 37.6 Å². The van der Waals surface area contributed by atoms with E-state index in [1.54, 1.807) is 31.4 Å². The van der Waals surface area contributed by atoms with Gasteiger partial charge in [0.05, 0.1) is 18.2 Å². The first kappa shape index (κ1) is 32.1. The summed E-state index contributed by atoms with van der Waals surface area (Å²) in [5.41, 5.74) is 2.47. The molecule has 202 valence electrons. The molecule has 37 heavy (non-hydrogen) atoms. The van der Waals surface area contributed by atoms with Gasteiger partial charge in [-0.2, -0.15) is 0 Å². The number of methoxy groups -OCH3 is 1. The Kier molecular flexibility index (Phi) is 12.2. The second kappa shape index (κ2) is 14.1. The van der Waals surface area contributed by atoms with Gasteiger partial charge in [0.2, 0.25) is 5.91 Å². The van der Waals surface area contributed by atoms with Crippen LogP contribution in [0.2, 0.25) is 0 Å². The molecule has 0 radical (unpaired) electrons. The van der Waals surface area contributed by atoms with Crippen LogP contribution in [-0.2, 0) is 4.79 Å². The third-order valence-corrected chi connectivity index (χ3v) is 5.94. The molecule has 1 amide bonds. The number of amides is 1.